The second kappa shape index (κ2) is 7.17. The predicted octanol–water partition coefficient (Wildman–Crippen LogP) is 0.650. The Morgan fingerprint density at radius 3 is 2.52 bits per heavy atom. The molecule has 0 aromatic carbocycles. The molecule has 0 aromatic rings. The summed E-state index contributed by atoms with van der Waals surface area (Å²) in [7, 11) is -1.93. The van der Waals surface area contributed by atoms with Crippen molar-refractivity contribution in [1.29, 1.82) is 0 Å². The number of amides is 1. The number of methoxy groups -OCH3 is 1. The predicted molar refractivity (Wildman–Crippen MR) is 85.1 cm³/mol. The molecule has 1 aliphatic heterocycles. The van der Waals surface area contributed by atoms with Crippen LogP contribution in [0.1, 0.15) is 45.4 Å². The van der Waals surface area contributed by atoms with E-state index < -0.39 is 15.6 Å². The Hall–Kier alpha value is -1.15. The van der Waals surface area contributed by atoms with Crippen LogP contribution in [0.2, 0.25) is 0 Å². The minimum atomic E-state index is -3.27. The number of piperidine rings is 1. The zero-order valence-electron chi connectivity index (χ0n) is 13.8. The zero-order valence-corrected chi connectivity index (χ0v) is 14.7. The van der Waals surface area contributed by atoms with Crippen molar-refractivity contribution in [2.45, 2.75) is 51.0 Å². The fourth-order valence-electron chi connectivity index (χ4n) is 3.25. The highest BCUT2D eigenvalue weighted by Gasteiger charge is 2.42. The summed E-state index contributed by atoms with van der Waals surface area (Å²) in [6.45, 7) is 2.32. The molecule has 1 aliphatic carbocycles. The number of rotatable bonds is 6. The maximum absolute atomic E-state index is 12.6. The molecule has 1 saturated heterocycles. The number of hydrogen-bond donors (Lipinski definition) is 1. The Bertz CT molecular complexity index is 556. The molecule has 0 aromatic heterocycles. The van der Waals surface area contributed by atoms with Gasteiger partial charge < -0.3 is 10.1 Å². The normalized spacial score (nSPS) is 24.5. The average molecular weight is 346 g/mol. The molecule has 0 radical (unpaired) electrons. The third-order valence-electron chi connectivity index (χ3n) is 4.92. The molecule has 1 unspecified atom stereocenters. The van der Waals surface area contributed by atoms with Crippen LogP contribution in [0, 0.1) is 5.92 Å². The smallest absolute Gasteiger partial charge is 0.307 e. The van der Waals surface area contributed by atoms with Crippen molar-refractivity contribution in [3.63, 3.8) is 0 Å². The van der Waals surface area contributed by atoms with E-state index in [0.717, 1.165) is 19.3 Å². The molecule has 1 atom stereocenters. The van der Waals surface area contributed by atoms with Crippen molar-refractivity contribution in [3.8, 4) is 0 Å². The first kappa shape index (κ1) is 18.2. The molecule has 1 saturated carbocycles. The molecule has 1 amide bonds. The van der Waals surface area contributed by atoms with Gasteiger partial charge in [0.05, 0.1) is 30.7 Å². The third-order valence-corrected chi connectivity index (χ3v) is 6.77. The van der Waals surface area contributed by atoms with E-state index in [9.17, 15) is 18.0 Å². The number of nitrogens with one attached hydrogen (secondary N) is 1. The molecule has 2 rings (SSSR count). The van der Waals surface area contributed by atoms with Crippen LogP contribution in [-0.4, -0.2) is 56.1 Å². The maximum Gasteiger partial charge on any atom is 0.307 e. The first-order valence-electron chi connectivity index (χ1n) is 8.18. The van der Waals surface area contributed by atoms with Gasteiger partial charge in [-0.05, 0) is 39.0 Å². The van der Waals surface area contributed by atoms with E-state index in [1.165, 1.54) is 11.4 Å². The van der Waals surface area contributed by atoms with Crippen LogP contribution in [-0.2, 0) is 24.3 Å². The molecule has 1 N–H and O–H groups in total. The van der Waals surface area contributed by atoms with Gasteiger partial charge in [-0.25, -0.2) is 12.7 Å². The summed E-state index contributed by atoms with van der Waals surface area (Å²) in [5, 5.41) is 2.99. The molecule has 2 fully saturated rings. The molecule has 2 aliphatic rings. The van der Waals surface area contributed by atoms with Gasteiger partial charge in [0.1, 0.15) is 0 Å². The molecule has 23 heavy (non-hydrogen) atoms. The summed E-state index contributed by atoms with van der Waals surface area (Å²) in [6.07, 6.45) is 4.03. The van der Waals surface area contributed by atoms with E-state index in [-0.39, 0.29) is 36.5 Å². The highest BCUT2D eigenvalue weighted by molar-refractivity contribution is 7.89. The Balaban J connectivity index is 1.98. The standard InChI is InChI=1S/C15H26N2O5S/c1-3-23(20,21)17-9-4-6-12(11-17)14(19)16-15(7-5-8-15)10-13(18)22-2/h12H,3-11H2,1-2H3,(H,16,19). The summed E-state index contributed by atoms with van der Waals surface area (Å²) < 4.78 is 30.1. The van der Waals surface area contributed by atoms with Gasteiger partial charge in [0.15, 0.2) is 0 Å². The van der Waals surface area contributed by atoms with Crippen molar-refractivity contribution in [3.05, 3.63) is 0 Å². The quantitative estimate of drug-likeness (QED) is 0.713. The first-order valence-corrected chi connectivity index (χ1v) is 9.79. The summed E-state index contributed by atoms with van der Waals surface area (Å²) >= 11 is 0. The van der Waals surface area contributed by atoms with Crippen LogP contribution in [0.15, 0.2) is 0 Å². The second-order valence-corrected chi connectivity index (χ2v) is 8.73. The van der Waals surface area contributed by atoms with Crippen LogP contribution in [0.25, 0.3) is 0 Å². The fourth-order valence-corrected chi connectivity index (χ4v) is 4.43. The van der Waals surface area contributed by atoms with E-state index in [4.69, 9.17) is 4.74 Å². The summed E-state index contributed by atoms with van der Waals surface area (Å²) in [6, 6.07) is 0. The van der Waals surface area contributed by atoms with Crippen molar-refractivity contribution < 1.29 is 22.7 Å². The molecular weight excluding hydrogens is 320 g/mol. The van der Waals surface area contributed by atoms with Crippen LogP contribution in [0.5, 0.6) is 0 Å². The van der Waals surface area contributed by atoms with Gasteiger partial charge in [0.2, 0.25) is 15.9 Å². The monoisotopic (exact) mass is 346 g/mol. The minimum Gasteiger partial charge on any atom is -0.469 e. The zero-order chi connectivity index (χ0) is 17.1. The van der Waals surface area contributed by atoms with Crippen LogP contribution in [0.3, 0.4) is 0 Å². The van der Waals surface area contributed by atoms with Crippen molar-refractivity contribution >= 4 is 21.9 Å². The van der Waals surface area contributed by atoms with E-state index in [1.807, 2.05) is 0 Å². The lowest BCUT2D eigenvalue weighted by molar-refractivity contribution is -0.144. The van der Waals surface area contributed by atoms with Gasteiger partial charge in [-0.15, -0.1) is 0 Å². The number of esters is 1. The fraction of sp³-hybridized carbons (Fsp3) is 0.867. The van der Waals surface area contributed by atoms with Crippen molar-refractivity contribution in [1.82, 2.24) is 9.62 Å². The van der Waals surface area contributed by atoms with Gasteiger partial charge in [-0.1, -0.05) is 0 Å². The van der Waals surface area contributed by atoms with Gasteiger partial charge in [-0.3, -0.25) is 9.59 Å². The topological polar surface area (TPSA) is 92.8 Å². The van der Waals surface area contributed by atoms with Crippen LogP contribution >= 0.6 is 0 Å². The number of sulfonamides is 1. The van der Waals surface area contributed by atoms with Crippen molar-refractivity contribution in [2.75, 3.05) is 26.0 Å². The van der Waals surface area contributed by atoms with Crippen molar-refractivity contribution in [2.24, 2.45) is 5.92 Å². The van der Waals surface area contributed by atoms with E-state index in [0.29, 0.717) is 19.4 Å². The van der Waals surface area contributed by atoms with E-state index in [2.05, 4.69) is 5.32 Å². The third kappa shape index (κ3) is 4.23. The van der Waals surface area contributed by atoms with Crippen LogP contribution in [0.4, 0.5) is 0 Å². The van der Waals surface area contributed by atoms with Gasteiger partial charge >= 0.3 is 5.97 Å². The highest BCUT2D eigenvalue weighted by atomic mass is 32.2. The Morgan fingerprint density at radius 1 is 1.30 bits per heavy atom. The number of carbonyl (C=O) groups excluding carboxylic acids is 2. The van der Waals surface area contributed by atoms with E-state index >= 15 is 0 Å². The van der Waals surface area contributed by atoms with Crippen LogP contribution < -0.4 is 5.32 Å². The molecule has 8 heteroatoms. The van der Waals surface area contributed by atoms with E-state index in [1.54, 1.807) is 6.92 Å². The second-order valence-electron chi connectivity index (χ2n) is 6.47. The van der Waals surface area contributed by atoms with Gasteiger partial charge in [0, 0.05) is 13.1 Å². The SMILES string of the molecule is CCS(=O)(=O)N1CCCC(C(=O)NC2(CC(=O)OC)CCC2)C1. The number of ether oxygens (including phenoxy) is 1. The van der Waals surface area contributed by atoms with Gasteiger partial charge in [0.25, 0.3) is 0 Å². The molecule has 0 spiro atoms. The first-order chi connectivity index (χ1) is 10.8. The molecule has 1 heterocycles. The Kier molecular flexibility index (Phi) is 5.67. The van der Waals surface area contributed by atoms with Gasteiger partial charge in [-0.2, -0.15) is 0 Å². The number of carbonyl (C=O) groups is 2. The summed E-state index contributed by atoms with van der Waals surface area (Å²) in [5.41, 5.74) is -0.504. The number of hydrogen-bond acceptors (Lipinski definition) is 5. The average Bonchev–Trinajstić information content (AvgIpc) is 2.52. The summed E-state index contributed by atoms with van der Waals surface area (Å²) in [4.78, 5) is 24.1. The highest BCUT2D eigenvalue weighted by Crippen LogP contribution is 2.36. The molecule has 132 valence electrons. The number of nitrogens with zero attached hydrogens (tertiary/aromatic N) is 1. The maximum atomic E-state index is 12.6. The molecule has 7 nitrogen and oxygen atoms in total. The largest absolute Gasteiger partial charge is 0.469 e. The molecule has 0 bridgehead atoms. The lowest BCUT2D eigenvalue weighted by atomic mass is 9.74. The lowest BCUT2D eigenvalue weighted by Crippen LogP contribution is -2.57. The Labute approximate surface area is 137 Å². The summed E-state index contributed by atoms with van der Waals surface area (Å²) in [5.74, 6) is -0.776. The Morgan fingerprint density at radius 2 is 2.00 bits per heavy atom. The lowest BCUT2D eigenvalue weighted by Gasteiger charge is -2.43. The minimum absolute atomic E-state index is 0.0492. The molecular formula is C15H26N2O5S.